The van der Waals surface area contributed by atoms with Gasteiger partial charge in [-0.15, -0.1) is 11.6 Å². The predicted molar refractivity (Wildman–Crippen MR) is 79.2 cm³/mol. The summed E-state index contributed by atoms with van der Waals surface area (Å²) in [5, 5.41) is 4.01. The number of halogens is 1. The van der Waals surface area contributed by atoms with Crippen LogP contribution in [0.3, 0.4) is 0 Å². The summed E-state index contributed by atoms with van der Waals surface area (Å²) in [7, 11) is -1.26. The van der Waals surface area contributed by atoms with Crippen molar-refractivity contribution in [2.45, 2.75) is 12.3 Å². The molecule has 2 rings (SSSR count). The zero-order valence-electron chi connectivity index (χ0n) is 11.4. The molecular weight excluding hydrogens is 301 g/mol. The average molecular weight is 318 g/mol. The van der Waals surface area contributed by atoms with Gasteiger partial charge in [-0.3, -0.25) is 4.57 Å². The van der Waals surface area contributed by atoms with Crippen molar-refractivity contribution >= 4 is 24.7 Å². The summed E-state index contributed by atoms with van der Waals surface area (Å²) in [6.07, 6.45) is 0.461. The lowest BCUT2D eigenvalue weighted by molar-refractivity contribution is 0.125. The van der Waals surface area contributed by atoms with Crippen molar-refractivity contribution in [3.63, 3.8) is 0 Å². The second-order valence-corrected chi connectivity index (χ2v) is 7.49. The lowest BCUT2D eigenvalue weighted by Gasteiger charge is -2.17. The number of hydrogen-bond acceptors (Lipinski definition) is 5. The van der Waals surface area contributed by atoms with Gasteiger partial charge in [0.05, 0.1) is 19.4 Å². The van der Waals surface area contributed by atoms with Crippen molar-refractivity contribution in [2.24, 2.45) is 5.16 Å². The molecule has 2 unspecified atom stereocenters. The van der Waals surface area contributed by atoms with Gasteiger partial charge in [-0.05, 0) is 29.8 Å². The first-order chi connectivity index (χ1) is 9.56. The molecule has 0 aliphatic carbocycles. The van der Waals surface area contributed by atoms with Crippen LogP contribution in [-0.4, -0.2) is 37.8 Å². The van der Waals surface area contributed by atoms with Gasteiger partial charge in [0.25, 0.3) is 0 Å². The first-order valence-electron chi connectivity index (χ1n) is 6.21. The fourth-order valence-corrected chi connectivity index (χ4v) is 3.40. The van der Waals surface area contributed by atoms with Gasteiger partial charge >= 0.3 is 0 Å². The number of ether oxygens (including phenoxy) is 1. The highest BCUT2D eigenvalue weighted by molar-refractivity contribution is 7.58. The molecule has 110 valence electrons. The number of oxime groups is 1. The van der Waals surface area contributed by atoms with E-state index in [1.54, 1.807) is 13.8 Å². The molecular formula is C13H17ClNO4P. The standard InChI is InChI=1S/C13H17ClNO4P/c1-17-11-5-3-10(4-6-11)12-9-13(19-15-12)20(2,16)18-8-7-14/h3-6,13H,7-9H2,1-2H3. The van der Waals surface area contributed by atoms with Crippen LogP contribution < -0.4 is 4.74 Å². The van der Waals surface area contributed by atoms with Crippen molar-refractivity contribution < 1.29 is 18.7 Å². The van der Waals surface area contributed by atoms with Crippen LogP contribution in [0.25, 0.3) is 0 Å². The minimum atomic E-state index is -2.88. The highest BCUT2D eigenvalue weighted by Gasteiger charge is 2.36. The number of hydrogen-bond donors (Lipinski definition) is 0. The molecule has 0 radical (unpaired) electrons. The van der Waals surface area contributed by atoms with Crippen molar-refractivity contribution in [3.8, 4) is 5.75 Å². The van der Waals surface area contributed by atoms with Crippen molar-refractivity contribution in [1.29, 1.82) is 0 Å². The number of benzene rings is 1. The fourth-order valence-electron chi connectivity index (χ4n) is 1.87. The van der Waals surface area contributed by atoms with Crippen LogP contribution in [0.4, 0.5) is 0 Å². The Morgan fingerprint density at radius 3 is 2.75 bits per heavy atom. The summed E-state index contributed by atoms with van der Waals surface area (Å²) in [6.45, 7) is 1.80. The molecule has 0 saturated carbocycles. The molecule has 5 nitrogen and oxygen atoms in total. The van der Waals surface area contributed by atoms with Crippen LogP contribution in [0.5, 0.6) is 5.75 Å². The third-order valence-electron chi connectivity index (χ3n) is 3.02. The molecule has 2 atom stereocenters. The predicted octanol–water partition coefficient (Wildman–Crippen LogP) is 3.31. The van der Waals surface area contributed by atoms with Crippen molar-refractivity contribution in [3.05, 3.63) is 29.8 Å². The Labute approximate surface area is 123 Å². The fraction of sp³-hybridized carbons (Fsp3) is 0.462. The van der Waals surface area contributed by atoms with Gasteiger partial charge in [-0.2, -0.15) is 0 Å². The van der Waals surface area contributed by atoms with E-state index in [0.717, 1.165) is 17.0 Å². The molecule has 0 spiro atoms. The second kappa shape index (κ2) is 6.61. The summed E-state index contributed by atoms with van der Waals surface area (Å²) in [5.74, 6) is 0.538. The van der Waals surface area contributed by atoms with Crippen molar-refractivity contribution in [2.75, 3.05) is 26.3 Å². The van der Waals surface area contributed by atoms with Crippen LogP contribution in [0.1, 0.15) is 12.0 Å². The van der Waals surface area contributed by atoms with Crippen molar-refractivity contribution in [1.82, 2.24) is 0 Å². The highest BCUT2D eigenvalue weighted by Crippen LogP contribution is 2.52. The highest BCUT2D eigenvalue weighted by atomic mass is 35.5. The summed E-state index contributed by atoms with van der Waals surface area (Å²) in [4.78, 5) is 5.26. The molecule has 0 aromatic heterocycles. The van der Waals surface area contributed by atoms with E-state index < -0.39 is 13.2 Å². The molecule has 1 aliphatic heterocycles. The van der Waals surface area contributed by atoms with E-state index in [1.807, 2.05) is 24.3 Å². The lowest BCUT2D eigenvalue weighted by atomic mass is 10.1. The number of rotatable bonds is 6. The SMILES string of the molecule is COc1ccc(C2=NOC(P(C)(=O)OCCCl)C2)cc1. The van der Waals surface area contributed by atoms with Gasteiger partial charge in [0.1, 0.15) is 5.75 Å². The summed E-state index contributed by atoms with van der Waals surface area (Å²) >= 11 is 5.54. The zero-order valence-corrected chi connectivity index (χ0v) is 13.1. The third-order valence-corrected chi connectivity index (χ3v) is 5.20. The number of nitrogens with zero attached hydrogens (tertiary/aromatic N) is 1. The number of alkyl halides is 1. The molecule has 1 aromatic carbocycles. The summed E-state index contributed by atoms with van der Waals surface area (Å²) in [6, 6.07) is 7.48. The minimum Gasteiger partial charge on any atom is -0.497 e. The first-order valence-corrected chi connectivity index (χ1v) is 8.89. The van der Waals surface area contributed by atoms with E-state index in [2.05, 4.69) is 5.16 Å². The molecule has 20 heavy (non-hydrogen) atoms. The maximum Gasteiger partial charge on any atom is 0.242 e. The molecule has 7 heteroatoms. The van der Waals surface area contributed by atoms with Gasteiger partial charge in [-0.25, -0.2) is 0 Å². The van der Waals surface area contributed by atoms with E-state index in [9.17, 15) is 4.57 Å². The molecule has 1 aromatic rings. The van der Waals surface area contributed by atoms with E-state index in [0.29, 0.717) is 12.3 Å². The van der Waals surface area contributed by atoms with Crippen LogP contribution in [-0.2, 0) is 13.9 Å². The molecule has 0 saturated heterocycles. The van der Waals surface area contributed by atoms with Gasteiger partial charge in [0, 0.05) is 19.0 Å². The maximum atomic E-state index is 12.4. The Kier molecular flexibility index (Phi) is 5.08. The van der Waals surface area contributed by atoms with Crippen LogP contribution >= 0.6 is 19.0 Å². The van der Waals surface area contributed by atoms with E-state index in [4.69, 9.17) is 25.7 Å². The Morgan fingerprint density at radius 1 is 1.45 bits per heavy atom. The maximum absolute atomic E-state index is 12.4. The third kappa shape index (κ3) is 3.54. The van der Waals surface area contributed by atoms with E-state index >= 15 is 0 Å². The van der Waals surface area contributed by atoms with Crippen LogP contribution in [0.15, 0.2) is 29.4 Å². The van der Waals surface area contributed by atoms with Crippen LogP contribution in [0.2, 0.25) is 0 Å². The Morgan fingerprint density at radius 2 is 2.15 bits per heavy atom. The van der Waals surface area contributed by atoms with Crippen LogP contribution in [0, 0.1) is 0 Å². The van der Waals surface area contributed by atoms with E-state index in [-0.39, 0.29) is 6.61 Å². The molecule has 0 fully saturated rings. The molecule has 0 amide bonds. The first kappa shape index (κ1) is 15.4. The molecule has 0 bridgehead atoms. The normalized spacial score (nSPS) is 20.9. The van der Waals surface area contributed by atoms with Gasteiger partial charge in [0.15, 0.2) is 0 Å². The lowest BCUT2D eigenvalue weighted by Crippen LogP contribution is -2.11. The van der Waals surface area contributed by atoms with Gasteiger partial charge in [0.2, 0.25) is 13.2 Å². The monoisotopic (exact) mass is 317 g/mol. The van der Waals surface area contributed by atoms with Gasteiger partial charge < -0.3 is 14.1 Å². The topological polar surface area (TPSA) is 57.1 Å². The van der Waals surface area contributed by atoms with Gasteiger partial charge in [-0.1, -0.05) is 5.16 Å². The Bertz CT molecular complexity index is 532. The molecule has 1 aliphatic rings. The smallest absolute Gasteiger partial charge is 0.242 e. The van der Waals surface area contributed by atoms with E-state index in [1.165, 1.54) is 0 Å². The average Bonchev–Trinajstić information content (AvgIpc) is 2.96. The largest absolute Gasteiger partial charge is 0.497 e. The summed E-state index contributed by atoms with van der Waals surface area (Å²) < 4.78 is 22.7. The Balaban J connectivity index is 2.02. The quantitative estimate of drug-likeness (QED) is 0.596. The minimum absolute atomic E-state index is 0.243. The Hall–Kier alpha value is -1.03. The molecule has 1 heterocycles. The summed E-state index contributed by atoms with van der Waals surface area (Å²) in [5.41, 5.74) is 1.68. The zero-order chi connectivity index (χ0) is 14.6. The number of methoxy groups -OCH3 is 1. The second-order valence-electron chi connectivity index (χ2n) is 4.46. The molecule has 0 N–H and O–H groups in total.